The minimum atomic E-state index is -0.792. The Labute approximate surface area is 190 Å². The van der Waals surface area contributed by atoms with Gasteiger partial charge in [-0.15, -0.1) is 5.92 Å². The van der Waals surface area contributed by atoms with Crippen LogP contribution in [-0.2, 0) is 36.6 Å². The molecule has 0 radical (unpaired) electrons. The zero-order valence-corrected chi connectivity index (χ0v) is 19.8. The molecule has 0 atom stereocenters. The number of hydrogen-bond donors (Lipinski definition) is 0. The van der Waals surface area contributed by atoms with Crippen molar-refractivity contribution in [2.75, 3.05) is 27.4 Å². The Hall–Kier alpha value is -1.87. The van der Waals surface area contributed by atoms with Gasteiger partial charge in [-0.25, -0.2) is 0 Å². The molecule has 6 heteroatoms. The second-order valence-electron chi connectivity index (χ2n) is 8.05. The summed E-state index contributed by atoms with van der Waals surface area (Å²) in [6.45, 7) is 4.88. The van der Waals surface area contributed by atoms with Crippen LogP contribution >= 0.6 is 11.6 Å². The van der Waals surface area contributed by atoms with Gasteiger partial charge in [-0.2, -0.15) is 0 Å². The summed E-state index contributed by atoms with van der Waals surface area (Å²) < 4.78 is 15.9. The van der Waals surface area contributed by atoms with Crippen molar-refractivity contribution in [1.29, 1.82) is 0 Å². The number of methoxy groups -OCH3 is 2. The average molecular weight is 449 g/mol. The van der Waals surface area contributed by atoms with E-state index in [1.165, 1.54) is 7.11 Å². The second-order valence-corrected chi connectivity index (χ2v) is 8.46. The molecule has 0 N–H and O–H groups in total. The van der Waals surface area contributed by atoms with Crippen molar-refractivity contribution in [3.8, 4) is 11.8 Å². The van der Waals surface area contributed by atoms with Gasteiger partial charge in [-0.05, 0) is 62.3 Å². The highest BCUT2D eigenvalue weighted by atomic mass is 35.5. The lowest BCUT2D eigenvalue weighted by Crippen LogP contribution is -2.40. The van der Waals surface area contributed by atoms with Crippen LogP contribution in [0.5, 0.6) is 0 Å². The first-order chi connectivity index (χ1) is 14.9. The van der Waals surface area contributed by atoms with Crippen LogP contribution in [0.25, 0.3) is 0 Å². The monoisotopic (exact) mass is 448 g/mol. The lowest BCUT2D eigenvalue weighted by molar-refractivity contribution is -0.159. The van der Waals surface area contributed by atoms with E-state index >= 15 is 0 Å². The van der Waals surface area contributed by atoms with E-state index in [0.717, 1.165) is 36.0 Å². The van der Waals surface area contributed by atoms with Crippen LogP contribution in [-0.4, -0.2) is 45.3 Å². The molecule has 1 fully saturated rings. The van der Waals surface area contributed by atoms with Gasteiger partial charge in [-0.3, -0.25) is 9.59 Å². The van der Waals surface area contributed by atoms with Crippen LogP contribution in [0.15, 0.2) is 12.1 Å². The molecule has 0 aliphatic heterocycles. The number of halogens is 1. The van der Waals surface area contributed by atoms with Crippen LogP contribution in [0.4, 0.5) is 0 Å². The Kier molecular flexibility index (Phi) is 10.0. The maximum atomic E-state index is 13.1. The fourth-order valence-electron chi connectivity index (χ4n) is 4.34. The number of carbonyl (C=O) groups excluding carboxylic acids is 2. The predicted molar refractivity (Wildman–Crippen MR) is 121 cm³/mol. The number of ketones is 1. The van der Waals surface area contributed by atoms with Gasteiger partial charge in [0.1, 0.15) is 5.78 Å². The molecule has 1 saturated carbocycles. The Morgan fingerprint density at radius 3 is 2.48 bits per heavy atom. The molecule has 1 aromatic carbocycles. The van der Waals surface area contributed by atoms with Crippen LogP contribution in [0, 0.1) is 17.3 Å². The van der Waals surface area contributed by atoms with Gasteiger partial charge < -0.3 is 14.2 Å². The molecule has 0 amide bonds. The summed E-state index contributed by atoms with van der Waals surface area (Å²) in [4.78, 5) is 25.8. The van der Waals surface area contributed by atoms with E-state index in [-0.39, 0.29) is 30.7 Å². The molecule has 0 bridgehead atoms. The Bertz CT molecular complexity index is 828. The zero-order valence-electron chi connectivity index (χ0n) is 19.0. The minimum absolute atomic E-state index is 0.00456. The molecule has 1 aromatic rings. The molecule has 5 nitrogen and oxygen atoms in total. The summed E-state index contributed by atoms with van der Waals surface area (Å²) >= 11 is 6.50. The highest BCUT2D eigenvalue weighted by molar-refractivity contribution is 6.31. The van der Waals surface area contributed by atoms with Gasteiger partial charge >= 0.3 is 5.97 Å². The summed E-state index contributed by atoms with van der Waals surface area (Å²) in [5.41, 5.74) is 1.89. The largest absolute Gasteiger partial charge is 0.469 e. The molecule has 0 saturated heterocycles. The van der Waals surface area contributed by atoms with Gasteiger partial charge in [-0.1, -0.05) is 24.4 Å². The first kappa shape index (κ1) is 25.4. The molecular formula is C25H33ClO5. The third-order valence-electron chi connectivity index (χ3n) is 6.00. The Balaban J connectivity index is 2.12. The zero-order chi connectivity index (χ0) is 22.9. The van der Waals surface area contributed by atoms with Crippen LogP contribution in [0.1, 0.15) is 62.6 Å². The highest BCUT2D eigenvalue weighted by Crippen LogP contribution is 2.42. The molecule has 2 rings (SSSR count). The topological polar surface area (TPSA) is 61.8 Å². The summed E-state index contributed by atoms with van der Waals surface area (Å²) in [5.74, 6) is 5.58. The van der Waals surface area contributed by atoms with Crippen molar-refractivity contribution < 1.29 is 23.8 Å². The maximum absolute atomic E-state index is 13.1. The van der Waals surface area contributed by atoms with Gasteiger partial charge in [0.25, 0.3) is 0 Å². The van der Waals surface area contributed by atoms with E-state index < -0.39 is 5.41 Å². The van der Waals surface area contributed by atoms with E-state index in [2.05, 4.69) is 11.8 Å². The Morgan fingerprint density at radius 1 is 1.19 bits per heavy atom. The first-order valence-corrected chi connectivity index (χ1v) is 11.2. The third kappa shape index (κ3) is 6.80. The summed E-state index contributed by atoms with van der Waals surface area (Å²) in [6, 6.07) is 3.79. The lowest BCUT2D eigenvalue weighted by Gasteiger charge is -2.37. The maximum Gasteiger partial charge on any atom is 0.312 e. The fourth-order valence-corrected chi connectivity index (χ4v) is 4.64. The van der Waals surface area contributed by atoms with E-state index in [4.69, 9.17) is 25.8 Å². The number of hydrogen-bond acceptors (Lipinski definition) is 5. The molecule has 0 unspecified atom stereocenters. The number of rotatable bonds is 10. The van der Waals surface area contributed by atoms with Crippen molar-refractivity contribution >= 4 is 23.4 Å². The number of Topliss-reactive ketones (excluding diaryl/α,β-unsaturated/α-hetero) is 1. The molecule has 0 heterocycles. The lowest BCUT2D eigenvalue weighted by atomic mass is 9.69. The van der Waals surface area contributed by atoms with Crippen molar-refractivity contribution in [3.63, 3.8) is 0 Å². The normalized spacial score (nSPS) is 20.6. The summed E-state index contributed by atoms with van der Waals surface area (Å²) in [5, 5.41) is 0.549. The first-order valence-electron chi connectivity index (χ1n) is 10.8. The number of ether oxygens (including phenoxy) is 3. The molecule has 1 aliphatic carbocycles. The molecule has 0 spiro atoms. The van der Waals surface area contributed by atoms with Crippen molar-refractivity contribution in [2.24, 2.45) is 5.41 Å². The van der Waals surface area contributed by atoms with Gasteiger partial charge in [0.05, 0.1) is 31.8 Å². The SMILES string of the molecule is CC#Cc1cc(Cl)c(CC(=O)CC2(C(=O)OC)CCC(OCCOC)CC2)c(CC)c1. The van der Waals surface area contributed by atoms with E-state index in [9.17, 15) is 9.59 Å². The number of benzene rings is 1. The van der Waals surface area contributed by atoms with E-state index in [1.54, 1.807) is 20.1 Å². The average Bonchev–Trinajstić information content (AvgIpc) is 2.76. The number of aryl methyl sites for hydroxylation is 1. The summed E-state index contributed by atoms with van der Waals surface area (Å²) in [6.07, 6.45) is 3.77. The second kappa shape index (κ2) is 12.2. The van der Waals surface area contributed by atoms with Crippen LogP contribution in [0.3, 0.4) is 0 Å². The summed E-state index contributed by atoms with van der Waals surface area (Å²) in [7, 11) is 3.02. The van der Waals surface area contributed by atoms with E-state index in [0.29, 0.717) is 31.1 Å². The quantitative estimate of drug-likeness (QED) is 0.299. The third-order valence-corrected chi connectivity index (χ3v) is 6.33. The van der Waals surface area contributed by atoms with Crippen molar-refractivity contribution in [2.45, 2.75) is 64.9 Å². The van der Waals surface area contributed by atoms with Crippen molar-refractivity contribution in [1.82, 2.24) is 0 Å². The fraction of sp³-hybridized carbons (Fsp3) is 0.600. The minimum Gasteiger partial charge on any atom is -0.469 e. The van der Waals surface area contributed by atoms with E-state index in [1.807, 2.05) is 13.0 Å². The number of carbonyl (C=O) groups is 2. The smallest absolute Gasteiger partial charge is 0.312 e. The molecule has 0 aromatic heterocycles. The van der Waals surface area contributed by atoms with Gasteiger partial charge in [0, 0.05) is 30.5 Å². The number of esters is 1. The molecule has 31 heavy (non-hydrogen) atoms. The Morgan fingerprint density at radius 2 is 1.90 bits per heavy atom. The van der Waals surface area contributed by atoms with Crippen LogP contribution < -0.4 is 0 Å². The molecule has 1 aliphatic rings. The molecular weight excluding hydrogens is 416 g/mol. The van der Waals surface area contributed by atoms with Gasteiger partial charge in [0.2, 0.25) is 0 Å². The van der Waals surface area contributed by atoms with Gasteiger partial charge in [0.15, 0.2) is 0 Å². The van der Waals surface area contributed by atoms with Crippen LogP contribution in [0.2, 0.25) is 5.02 Å². The highest BCUT2D eigenvalue weighted by Gasteiger charge is 2.44. The van der Waals surface area contributed by atoms with Crippen molar-refractivity contribution in [3.05, 3.63) is 33.8 Å². The standard InChI is InChI=1S/C25H33ClO5/c1-5-7-18-14-19(6-2)22(23(26)15-18)16-20(27)17-25(24(28)30-4)10-8-21(9-11-25)31-13-12-29-3/h14-15,21H,6,8-13,16-17H2,1-4H3. The predicted octanol–water partition coefficient (Wildman–Crippen LogP) is 4.54. The molecule has 170 valence electrons.